The number of hydrogen-bond donors (Lipinski definition) is 1. The zero-order valence-electron chi connectivity index (χ0n) is 11.3. The lowest BCUT2D eigenvalue weighted by molar-refractivity contribution is 0.320. The van der Waals surface area contributed by atoms with Crippen molar-refractivity contribution in [3.8, 4) is 5.75 Å². The zero-order valence-corrected chi connectivity index (χ0v) is 11.3. The zero-order chi connectivity index (χ0) is 13.3. The Balaban J connectivity index is 1.77. The molecule has 0 aliphatic heterocycles. The first kappa shape index (κ1) is 13.6. The quantitative estimate of drug-likeness (QED) is 0.827. The summed E-state index contributed by atoms with van der Waals surface area (Å²) in [5.41, 5.74) is 2.33. The summed E-state index contributed by atoms with van der Waals surface area (Å²) < 4.78 is 5.69. The maximum Gasteiger partial charge on any atom is 0.137 e. The Hall–Kier alpha value is -1.87. The standard InChI is InChI=1S/C16H20N2O/c1-2-17-12-15-8-9-16(13-18-15)19-11-10-14-6-4-3-5-7-14/h3-9,13,17H,2,10-12H2,1H3. The molecule has 2 aromatic rings. The molecule has 0 radical (unpaired) electrons. The Kier molecular flexibility index (Phi) is 5.38. The van der Waals surface area contributed by atoms with Gasteiger partial charge in [-0.3, -0.25) is 4.98 Å². The fourth-order valence-electron chi connectivity index (χ4n) is 1.79. The van der Waals surface area contributed by atoms with Gasteiger partial charge in [0, 0.05) is 13.0 Å². The molecule has 0 unspecified atom stereocenters. The van der Waals surface area contributed by atoms with Gasteiger partial charge >= 0.3 is 0 Å². The number of hydrogen-bond acceptors (Lipinski definition) is 3. The van der Waals surface area contributed by atoms with Crippen molar-refractivity contribution in [3.05, 3.63) is 59.9 Å². The number of pyridine rings is 1. The van der Waals surface area contributed by atoms with Crippen molar-refractivity contribution in [2.24, 2.45) is 0 Å². The van der Waals surface area contributed by atoms with Gasteiger partial charge in [0.25, 0.3) is 0 Å². The van der Waals surface area contributed by atoms with Crippen molar-refractivity contribution in [3.63, 3.8) is 0 Å². The molecule has 0 amide bonds. The monoisotopic (exact) mass is 256 g/mol. The summed E-state index contributed by atoms with van der Waals surface area (Å²) in [5, 5.41) is 3.25. The van der Waals surface area contributed by atoms with E-state index in [2.05, 4.69) is 29.4 Å². The summed E-state index contributed by atoms with van der Waals surface area (Å²) in [6, 6.07) is 14.3. The Morgan fingerprint density at radius 3 is 2.63 bits per heavy atom. The minimum absolute atomic E-state index is 0.679. The topological polar surface area (TPSA) is 34.1 Å². The van der Waals surface area contributed by atoms with Crippen LogP contribution < -0.4 is 10.1 Å². The molecule has 2 rings (SSSR count). The van der Waals surface area contributed by atoms with Gasteiger partial charge in [-0.1, -0.05) is 37.3 Å². The molecular weight excluding hydrogens is 236 g/mol. The van der Waals surface area contributed by atoms with Gasteiger partial charge in [0.05, 0.1) is 18.5 Å². The second-order valence-electron chi connectivity index (χ2n) is 4.35. The molecule has 100 valence electrons. The minimum Gasteiger partial charge on any atom is -0.492 e. The normalized spacial score (nSPS) is 10.4. The highest BCUT2D eigenvalue weighted by atomic mass is 16.5. The van der Waals surface area contributed by atoms with E-state index in [-0.39, 0.29) is 0 Å². The third-order valence-corrected chi connectivity index (χ3v) is 2.86. The number of rotatable bonds is 7. The number of nitrogens with zero attached hydrogens (tertiary/aromatic N) is 1. The number of ether oxygens (including phenoxy) is 1. The van der Waals surface area contributed by atoms with Crippen LogP contribution in [0.25, 0.3) is 0 Å². The fourth-order valence-corrected chi connectivity index (χ4v) is 1.79. The van der Waals surface area contributed by atoms with Crippen molar-refractivity contribution in [1.29, 1.82) is 0 Å². The Labute approximate surface area is 114 Å². The van der Waals surface area contributed by atoms with Gasteiger partial charge < -0.3 is 10.1 Å². The largest absolute Gasteiger partial charge is 0.492 e. The van der Waals surface area contributed by atoms with E-state index in [9.17, 15) is 0 Å². The van der Waals surface area contributed by atoms with E-state index < -0.39 is 0 Å². The molecule has 1 aromatic heterocycles. The third-order valence-electron chi connectivity index (χ3n) is 2.86. The van der Waals surface area contributed by atoms with Crippen LogP contribution in [0.4, 0.5) is 0 Å². The van der Waals surface area contributed by atoms with Crippen LogP contribution in [0.1, 0.15) is 18.2 Å². The first-order valence-electron chi connectivity index (χ1n) is 6.71. The predicted molar refractivity (Wildman–Crippen MR) is 77.3 cm³/mol. The van der Waals surface area contributed by atoms with E-state index in [4.69, 9.17) is 4.74 Å². The summed E-state index contributed by atoms with van der Waals surface area (Å²) in [5.74, 6) is 0.830. The van der Waals surface area contributed by atoms with Crippen molar-refractivity contribution < 1.29 is 4.74 Å². The van der Waals surface area contributed by atoms with Gasteiger partial charge in [-0.15, -0.1) is 0 Å². The van der Waals surface area contributed by atoms with E-state index in [1.165, 1.54) is 5.56 Å². The molecular formula is C16H20N2O. The van der Waals surface area contributed by atoms with Crippen LogP contribution in [-0.4, -0.2) is 18.1 Å². The molecule has 0 spiro atoms. The van der Waals surface area contributed by atoms with Crippen LogP contribution >= 0.6 is 0 Å². The lowest BCUT2D eigenvalue weighted by Gasteiger charge is -2.07. The van der Waals surface area contributed by atoms with Gasteiger partial charge in [0.1, 0.15) is 5.75 Å². The van der Waals surface area contributed by atoms with Gasteiger partial charge in [-0.05, 0) is 24.2 Å². The number of nitrogens with one attached hydrogen (secondary N) is 1. The van der Waals surface area contributed by atoms with Crippen LogP contribution in [0, 0.1) is 0 Å². The van der Waals surface area contributed by atoms with Crippen LogP contribution in [0.15, 0.2) is 48.7 Å². The second kappa shape index (κ2) is 7.54. The van der Waals surface area contributed by atoms with Gasteiger partial charge in [0.2, 0.25) is 0 Å². The molecule has 0 saturated heterocycles. The average Bonchev–Trinajstić information content (AvgIpc) is 2.47. The highest BCUT2D eigenvalue weighted by molar-refractivity contribution is 5.20. The lowest BCUT2D eigenvalue weighted by Crippen LogP contribution is -2.12. The second-order valence-corrected chi connectivity index (χ2v) is 4.35. The van der Waals surface area contributed by atoms with Crippen molar-refractivity contribution in [1.82, 2.24) is 10.3 Å². The number of benzene rings is 1. The minimum atomic E-state index is 0.679. The van der Waals surface area contributed by atoms with Gasteiger partial charge in [-0.2, -0.15) is 0 Å². The molecule has 0 atom stereocenters. The first-order chi connectivity index (χ1) is 9.38. The smallest absolute Gasteiger partial charge is 0.137 e. The van der Waals surface area contributed by atoms with Gasteiger partial charge in [-0.25, -0.2) is 0 Å². The van der Waals surface area contributed by atoms with Crippen molar-refractivity contribution in [2.75, 3.05) is 13.2 Å². The first-order valence-corrected chi connectivity index (χ1v) is 6.71. The maximum atomic E-state index is 5.69. The summed E-state index contributed by atoms with van der Waals surface area (Å²) in [6.07, 6.45) is 2.71. The summed E-state index contributed by atoms with van der Waals surface area (Å²) in [4.78, 5) is 4.35. The summed E-state index contributed by atoms with van der Waals surface area (Å²) in [7, 11) is 0. The lowest BCUT2D eigenvalue weighted by atomic mass is 10.2. The molecule has 1 heterocycles. The molecule has 0 saturated carbocycles. The number of aromatic nitrogens is 1. The Bertz CT molecular complexity index is 468. The van der Waals surface area contributed by atoms with E-state index in [0.717, 1.165) is 31.0 Å². The fraction of sp³-hybridized carbons (Fsp3) is 0.312. The molecule has 0 bridgehead atoms. The van der Waals surface area contributed by atoms with E-state index >= 15 is 0 Å². The average molecular weight is 256 g/mol. The van der Waals surface area contributed by atoms with E-state index in [1.807, 2.05) is 30.3 Å². The molecule has 3 nitrogen and oxygen atoms in total. The van der Waals surface area contributed by atoms with Crippen molar-refractivity contribution in [2.45, 2.75) is 19.9 Å². The van der Waals surface area contributed by atoms with Crippen LogP contribution in [0.2, 0.25) is 0 Å². The van der Waals surface area contributed by atoms with Crippen LogP contribution in [0.3, 0.4) is 0 Å². The summed E-state index contributed by atoms with van der Waals surface area (Å²) >= 11 is 0. The van der Waals surface area contributed by atoms with Crippen molar-refractivity contribution >= 4 is 0 Å². The predicted octanol–water partition coefficient (Wildman–Crippen LogP) is 2.81. The highest BCUT2D eigenvalue weighted by Gasteiger charge is 1.97. The van der Waals surface area contributed by atoms with Crippen LogP contribution in [-0.2, 0) is 13.0 Å². The summed E-state index contributed by atoms with van der Waals surface area (Å²) in [6.45, 7) is 4.52. The molecule has 0 aliphatic carbocycles. The van der Waals surface area contributed by atoms with E-state index in [0.29, 0.717) is 6.61 Å². The molecule has 0 fully saturated rings. The Morgan fingerprint density at radius 2 is 1.95 bits per heavy atom. The Morgan fingerprint density at radius 1 is 1.11 bits per heavy atom. The maximum absolute atomic E-state index is 5.69. The molecule has 3 heteroatoms. The van der Waals surface area contributed by atoms with Crippen LogP contribution in [0.5, 0.6) is 5.75 Å². The van der Waals surface area contributed by atoms with E-state index in [1.54, 1.807) is 6.20 Å². The molecule has 0 aliphatic rings. The van der Waals surface area contributed by atoms with Gasteiger partial charge in [0.15, 0.2) is 0 Å². The molecule has 1 aromatic carbocycles. The SMILES string of the molecule is CCNCc1ccc(OCCc2ccccc2)cn1. The third kappa shape index (κ3) is 4.72. The highest BCUT2D eigenvalue weighted by Crippen LogP contribution is 2.10. The molecule has 1 N–H and O–H groups in total. The molecule has 19 heavy (non-hydrogen) atoms.